The van der Waals surface area contributed by atoms with Gasteiger partial charge in [0.1, 0.15) is 11.6 Å². The monoisotopic (exact) mass is 368 g/mol. The Bertz CT molecular complexity index is 724. The third kappa shape index (κ3) is 7.33. The number of nitrogens with one attached hydrogen (secondary N) is 3. The van der Waals surface area contributed by atoms with Gasteiger partial charge in [-0.15, -0.1) is 0 Å². The van der Waals surface area contributed by atoms with Crippen LogP contribution < -0.4 is 10.6 Å². The minimum absolute atomic E-state index is 0.0183. The number of amidine groups is 1. The van der Waals surface area contributed by atoms with Gasteiger partial charge in [0.05, 0.1) is 11.9 Å². The van der Waals surface area contributed by atoms with Crippen LogP contribution in [0.4, 0.5) is 17.6 Å². The Balaban J connectivity index is 2.97. The van der Waals surface area contributed by atoms with E-state index in [1.54, 1.807) is 6.07 Å². The summed E-state index contributed by atoms with van der Waals surface area (Å²) in [7, 11) is 1.46. The third-order valence-corrected chi connectivity index (χ3v) is 3.16. The molecule has 0 amide bonds. The zero-order valence-corrected chi connectivity index (χ0v) is 14.2. The second kappa shape index (κ2) is 10.9. The molecule has 26 heavy (non-hydrogen) atoms. The number of hydrogen-bond donors (Lipinski definition) is 3. The molecule has 1 aromatic rings. The first-order valence-corrected chi connectivity index (χ1v) is 7.66. The summed E-state index contributed by atoms with van der Waals surface area (Å²) in [6.45, 7) is 3.21. The van der Waals surface area contributed by atoms with Gasteiger partial charge < -0.3 is 10.6 Å². The Kier molecular flexibility index (Phi) is 8.83. The molecule has 4 nitrogen and oxygen atoms in total. The molecule has 8 heteroatoms. The van der Waals surface area contributed by atoms with E-state index in [1.807, 2.05) is 0 Å². The molecule has 0 spiro atoms. The molecule has 0 unspecified atom stereocenters. The first-order chi connectivity index (χ1) is 12.4. The number of alkyl halides is 2. The van der Waals surface area contributed by atoms with Crippen LogP contribution >= 0.6 is 0 Å². The van der Waals surface area contributed by atoms with Crippen LogP contribution in [0.25, 0.3) is 0 Å². The Labute approximate surface area is 149 Å². The van der Waals surface area contributed by atoms with Gasteiger partial charge in [0.2, 0.25) is 6.43 Å². The maximum absolute atomic E-state index is 13.6. The van der Waals surface area contributed by atoms with Crippen molar-refractivity contribution >= 4 is 11.5 Å². The molecule has 0 saturated heterocycles. The Morgan fingerprint density at radius 3 is 2.62 bits per heavy atom. The van der Waals surface area contributed by atoms with Crippen LogP contribution in [0.3, 0.4) is 0 Å². The highest BCUT2D eigenvalue weighted by Crippen LogP contribution is 2.11. The number of aliphatic imine (C=N–C) groups is 1. The summed E-state index contributed by atoms with van der Waals surface area (Å²) < 4.78 is 52.2. The lowest BCUT2D eigenvalue weighted by Crippen LogP contribution is -2.27. The molecule has 0 radical (unpaired) electrons. The fourth-order valence-corrected chi connectivity index (χ4v) is 1.89. The van der Waals surface area contributed by atoms with Crippen molar-refractivity contribution in [2.45, 2.75) is 19.4 Å². The SMILES string of the molecule is C=C/C(F)=C\N=C(/NC)C(=N)/C=C(/CC(F)F)NCc1ccccc1F. The summed E-state index contributed by atoms with van der Waals surface area (Å²) in [6, 6.07) is 5.94. The normalized spacial score (nSPS) is 12.9. The van der Waals surface area contributed by atoms with Crippen LogP contribution in [-0.4, -0.2) is 25.0 Å². The summed E-state index contributed by atoms with van der Waals surface area (Å²) in [5.74, 6) is -1.20. The van der Waals surface area contributed by atoms with Gasteiger partial charge in [-0.25, -0.2) is 22.6 Å². The van der Waals surface area contributed by atoms with Crippen molar-refractivity contribution in [3.05, 3.63) is 72.1 Å². The molecular formula is C18H20F4N4. The van der Waals surface area contributed by atoms with E-state index in [0.29, 0.717) is 5.56 Å². The molecule has 1 rings (SSSR count). The summed E-state index contributed by atoms with van der Waals surface area (Å²) in [5.41, 5.74) is 0.0966. The third-order valence-electron chi connectivity index (χ3n) is 3.16. The maximum Gasteiger partial charge on any atom is 0.244 e. The van der Waals surface area contributed by atoms with E-state index >= 15 is 0 Å². The van der Waals surface area contributed by atoms with Crippen LogP contribution in [0.1, 0.15) is 12.0 Å². The number of rotatable bonds is 9. The van der Waals surface area contributed by atoms with E-state index in [9.17, 15) is 17.6 Å². The highest BCUT2D eigenvalue weighted by atomic mass is 19.3. The first kappa shape index (κ1) is 21.1. The zero-order chi connectivity index (χ0) is 19.5. The second-order valence-corrected chi connectivity index (χ2v) is 5.07. The Hall–Kier alpha value is -2.90. The van der Waals surface area contributed by atoms with E-state index in [1.165, 1.54) is 25.2 Å². The van der Waals surface area contributed by atoms with Crippen molar-refractivity contribution in [3.63, 3.8) is 0 Å². The maximum atomic E-state index is 13.6. The average molecular weight is 368 g/mol. The molecule has 3 N–H and O–H groups in total. The molecule has 0 aliphatic carbocycles. The average Bonchev–Trinajstić information content (AvgIpc) is 2.60. The molecule has 0 atom stereocenters. The summed E-state index contributed by atoms with van der Waals surface area (Å²) in [4.78, 5) is 3.73. The molecule has 0 aromatic heterocycles. The molecule has 0 bridgehead atoms. The Morgan fingerprint density at radius 2 is 2.04 bits per heavy atom. The highest BCUT2D eigenvalue weighted by Gasteiger charge is 2.11. The predicted octanol–water partition coefficient (Wildman–Crippen LogP) is 4.09. The van der Waals surface area contributed by atoms with Crippen molar-refractivity contribution in [2.24, 2.45) is 4.99 Å². The van der Waals surface area contributed by atoms with Gasteiger partial charge in [0.25, 0.3) is 0 Å². The van der Waals surface area contributed by atoms with E-state index in [-0.39, 0.29) is 23.8 Å². The molecule has 0 saturated carbocycles. The van der Waals surface area contributed by atoms with E-state index < -0.39 is 24.5 Å². The molecular weight excluding hydrogens is 348 g/mol. The zero-order valence-electron chi connectivity index (χ0n) is 14.2. The summed E-state index contributed by atoms with van der Waals surface area (Å²) in [5, 5.41) is 13.2. The molecule has 0 aliphatic rings. The fraction of sp³-hybridized carbons (Fsp3) is 0.222. The molecule has 0 aliphatic heterocycles. The van der Waals surface area contributed by atoms with E-state index in [4.69, 9.17) is 5.41 Å². The topological polar surface area (TPSA) is 60.3 Å². The number of benzene rings is 1. The van der Waals surface area contributed by atoms with E-state index in [0.717, 1.165) is 18.4 Å². The van der Waals surface area contributed by atoms with Crippen molar-refractivity contribution in [1.29, 1.82) is 5.41 Å². The van der Waals surface area contributed by atoms with Crippen LogP contribution in [0, 0.1) is 11.2 Å². The van der Waals surface area contributed by atoms with Gasteiger partial charge in [-0.3, -0.25) is 5.41 Å². The number of allylic oxidation sites excluding steroid dienone is 3. The number of halogens is 4. The van der Waals surface area contributed by atoms with Gasteiger partial charge in [-0.05, 0) is 18.2 Å². The molecule has 140 valence electrons. The van der Waals surface area contributed by atoms with Gasteiger partial charge in [0, 0.05) is 31.3 Å². The van der Waals surface area contributed by atoms with Crippen molar-refractivity contribution in [1.82, 2.24) is 10.6 Å². The summed E-state index contributed by atoms with van der Waals surface area (Å²) in [6.07, 6.45) is -0.378. The standard InChI is InChI=1S/C18H20F4N4/c1-3-13(19)11-26-18(24-2)16(23)8-14(9-17(21)22)25-10-12-6-4-5-7-15(12)20/h3-8,11,17,23,25H,1,9-10H2,2H3,(H,24,26)/b13-11+,14-8-,23-16?. The van der Waals surface area contributed by atoms with Crippen LogP contribution in [0.5, 0.6) is 0 Å². The van der Waals surface area contributed by atoms with Gasteiger partial charge >= 0.3 is 0 Å². The van der Waals surface area contributed by atoms with Crippen LogP contribution in [0.2, 0.25) is 0 Å². The molecule has 1 aromatic carbocycles. The van der Waals surface area contributed by atoms with Crippen LogP contribution in [0.15, 0.2) is 65.7 Å². The largest absolute Gasteiger partial charge is 0.384 e. The van der Waals surface area contributed by atoms with Crippen molar-refractivity contribution in [3.8, 4) is 0 Å². The Morgan fingerprint density at radius 1 is 1.35 bits per heavy atom. The van der Waals surface area contributed by atoms with Crippen LogP contribution in [-0.2, 0) is 6.54 Å². The second-order valence-electron chi connectivity index (χ2n) is 5.07. The predicted molar refractivity (Wildman–Crippen MR) is 95.6 cm³/mol. The lowest BCUT2D eigenvalue weighted by molar-refractivity contribution is 0.146. The van der Waals surface area contributed by atoms with Gasteiger partial charge in [-0.2, -0.15) is 0 Å². The quantitative estimate of drug-likeness (QED) is 0.266. The van der Waals surface area contributed by atoms with Crippen molar-refractivity contribution < 1.29 is 17.6 Å². The fourth-order valence-electron chi connectivity index (χ4n) is 1.89. The minimum atomic E-state index is -2.66. The minimum Gasteiger partial charge on any atom is -0.384 e. The highest BCUT2D eigenvalue weighted by molar-refractivity contribution is 6.44. The lowest BCUT2D eigenvalue weighted by Gasteiger charge is -2.12. The number of nitrogens with zero attached hydrogens (tertiary/aromatic N) is 1. The first-order valence-electron chi connectivity index (χ1n) is 7.66. The smallest absolute Gasteiger partial charge is 0.244 e. The number of hydrogen-bond acceptors (Lipinski definition) is 3. The molecule has 0 heterocycles. The van der Waals surface area contributed by atoms with Gasteiger partial charge in [-0.1, -0.05) is 24.8 Å². The molecule has 0 fully saturated rings. The summed E-state index contributed by atoms with van der Waals surface area (Å²) >= 11 is 0. The van der Waals surface area contributed by atoms with E-state index in [2.05, 4.69) is 22.2 Å². The van der Waals surface area contributed by atoms with Gasteiger partial charge in [0.15, 0.2) is 5.84 Å². The van der Waals surface area contributed by atoms with Crippen molar-refractivity contribution in [2.75, 3.05) is 7.05 Å². The lowest BCUT2D eigenvalue weighted by atomic mass is 10.2.